The van der Waals surface area contributed by atoms with Gasteiger partial charge >= 0.3 is 0 Å². The van der Waals surface area contributed by atoms with Crippen molar-refractivity contribution < 1.29 is 9.90 Å². The lowest BCUT2D eigenvalue weighted by atomic mass is 9.94. The molecule has 82 valence electrons. The summed E-state index contributed by atoms with van der Waals surface area (Å²) in [7, 11) is 0. The normalized spacial score (nSPS) is 27.8. The van der Waals surface area contributed by atoms with Gasteiger partial charge in [-0.1, -0.05) is 27.2 Å². The molecule has 1 fully saturated rings. The molecule has 1 rings (SSSR count). The Labute approximate surface area is 86.1 Å². The van der Waals surface area contributed by atoms with E-state index in [0.29, 0.717) is 18.9 Å². The predicted molar refractivity (Wildman–Crippen MR) is 55.6 cm³/mol. The van der Waals surface area contributed by atoms with Gasteiger partial charge in [-0.15, -0.1) is 0 Å². The molecule has 1 aliphatic rings. The van der Waals surface area contributed by atoms with Gasteiger partial charge in [0.15, 0.2) is 0 Å². The maximum absolute atomic E-state index is 11.8. The minimum atomic E-state index is -0.540. The van der Waals surface area contributed by atoms with Crippen molar-refractivity contribution >= 4 is 5.91 Å². The molecule has 2 unspecified atom stereocenters. The molecule has 0 bridgehead atoms. The number of carbonyl (C=O) groups is 1. The summed E-state index contributed by atoms with van der Waals surface area (Å²) in [5, 5.41) is 9.71. The predicted octanol–water partition coefficient (Wildman–Crippen LogP) is 1.61. The number of likely N-dealkylation sites (tertiary alicyclic amines) is 1. The van der Waals surface area contributed by atoms with Gasteiger partial charge in [0, 0.05) is 18.9 Å². The van der Waals surface area contributed by atoms with E-state index >= 15 is 0 Å². The Balaban J connectivity index is 2.56. The number of rotatable bonds is 4. The number of amides is 1. The third kappa shape index (κ3) is 2.27. The van der Waals surface area contributed by atoms with Crippen LogP contribution in [0.15, 0.2) is 0 Å². The van der Waals surface area contributed by atoms with Crippen LogP contribution in [0, 0.1) is 11.8 Å². The molecule has 0 radical (unpaired) electrons. The second-order valence-electron chi connectivity index (χ2n) is 4.45. The molecule has 0 aromatic heterocycles. The highest BCUT2D eigenvalue weighted by atomic mass is 16.3. The lowest BCUT2D eigenvalue weighted by Crippen LogP contribution is -2.35. The summed E-state index contributed by atoms with van der Waals surface area (Å²) < 4.78 is 0. The number of carbonyl (C=O) groups excluding carboxylic acids is 1. The zero-order valence-corrected chi connectivity index (χ0v) is 9.36. The average molecular weight is 199 g/mol. The number of hydrogen-bond acceptors (Lipinski definition) is 2. The summed E-state index contributed by atoms with van der Waals surface area (Å²) in [4.78, 5) is 13.5. The van der Waals surface area contributed by atoms with E-state index in [9.17, 15) is 9.90 Å². The van der Waals surface area contributed by atoms with Gasteiger partial charge in [-0.05, 0) is 12.3 Å². The molecule has 3 heteroatoms. The van der Waals surface area contributed by atoms with E-state index in [2.05, 4.69) is 6.92 Å². The standard InChI is InChI=1S/C11H21NO2/c1-4-5-6-12-10(13)7-9(8(2)3)11(12)14/h8-10,13H,4-7H2,1-3H3. The van der Waals surface area contributed by atoms with E-state index in [4.69, 9.17) is 0 Å². The molecule has 1 aliphatic heterocycles. The van der Waals surface area contributed by atoms with E-state index in [0.717, 1.165) is 12.8 Å². The lowest BCUT2D eigenvalue weighted by molar-refractivity contribution is -0.136. The summed E-state index contributed by atoms with van der Waals surface area (Å²) in [6.07, 6.45) is 2.11. The van der Waals surface area contributed by atoms with Crippen LogP contribution in [0.25, 0.3) is 0 Å². The average Bonchev–Trinajstić information content (AvgIpc) is 2.40. The molecule has 0 aliphatic carbocycles. The Kier molecular flexibility index (Phi) is 3.93. The molecule has 1 N–H and O–H groups in total. The molecular formula is C11H21NO2. The first kappa shape index (κ1) is 11.5. The molecule has 3 nitrogen and oxygen atoms in total. The van der Waals surface area contributed by atoms with Gasteiger partial charge in [0.1, 0.15) is 6.23 Å². The third-order valence-electron chi connectivity index (χ3n) is 2.98. The first-order valence-corrected chi connectivity index (χ1v) is 5.56. The first-order chi connectivity index (χ1) is 6.57. The number of unbranched alkanes of at least 4 members (excludes halogenated alkanes) is 1. The van der Waals surface area contributed by atoms with Crippen LogP contribution in [0.5, 0.6) is 0 Å². The van der Waals surface area contributed by atoms with Gasteiger partial charge in [-0.3, -0.25) is 4.79 Å². The van der Waals surface area contributed by atoms with Crippen molar-refractivity contribution in [3.05, 3.63) is 0 Å². The van der Waals surface area contributed by atoms with Gasteiger partial charge in [-0.25, -0.2) is 0 Å². The summed E-state index contributed by atoms with van der Waals surface area (Å²) in [5.41, 5.74) is 0. The lowest BCUT2D eigenvalue weighted by Gasteiger charge is -2.20. The molecule has 0 saturated carbocycles. The summed E-state index contributed by atoms with van der Waals surface area (Å²) in [5.74, 6) is 0.506. The Morgan fingerprint density at radius 3 is 2.64 bits per heavy atom. The minimum absolute atomic E-state index is 0.0295. The van der Waals surface area contributed by atoms with Crippen LogP contribution < -0.4 is 0 Å². The Bertz CT molecular complexity index is 203. The molecule has 0 aromatic rings. The summed E-state index contributed by atoms with van der Waals surface area (Å²) in [6.45, 7) is 6.88. The first-order valence-electron chi connectivity index (χ1n) is 5.56. The van der Waals surface area contributed by atoms with E-state index in [-0.39, 0.29) is 11.8 Å². The number of hydrogen-bond donors (Lipinski definition) is 1. The van der Waals surface area contributed by atoms with Crippen LogP contribution in [0.1, 0.15) is 40.0 Å². The van der Waals surface area contributed by atoms with Crippen LogP contribution in [0.2, 0.25) is 0 Å². The number of aliphatic hydroxyl groups excluding tert-OH is 1. The van der Waals surface area contributed by atoms with Gasteiger partial charge in [0.2, 0.25) is 5.91 Å². The molecule has 0 spiro atoms. The van der Waals surface area contributed by atoms with Crippen molar-refractivity contribution in [1.82, 2.24) is 4.90 Å². The van der Waals surface area contributed by atoms with Crippen molar-refractivity contribution in [2.75, 3.05) is 6.54 Å². The molecule has 1 heterocycles. The maximum Gasteiger partial charge on any atom is 0.228 e. The van der Waals surface area contributed by atoms with E-state index in [1.807, 2.05) is 13.8 Å². The highest BCUT2D eigenvalue weighted by Crippen LogP contribution is 2.29. The van der Waals surface area contributed by atoms with Crippen LogP contribution >= 0.6 is 0 Å². The quantitative estimate of drug-likeness (QED) is 0.747. The maximum atomic E-state index is 11.8. The molecule has 0 aromatic carbocycles. The minimum Gasteiger partial charge on any atom is -0.373 e. The summed E-state index contributed by atoms with van der Waals surface area (Å²) in [6, 6.07) is 0. The fraction of sp³-hybridized carbons (Fsp3) is 0.909. The molecule has 14 heavy (non-hydrogen) atoms. The van der Waals surface area contributed by atoms with Crippen molar-refractivity contribution in [3.8, 4) is 0 Å². The topological polar surface area (TPSA) is 40.5 Å². The summed E-state index contributed by atoms with van der Waals surface area (Å²) >= 11 is 0. The van der Waals surface area contributed by atoms with Crippen LogP contribution in [-0.2, 0) is 4.79 Å². The SMILES string of the molecule is CCCCN1C(=O)C(C(C)C)CC1O. The largest absolute Gasteiger partial charge is 0.373 e. The van der Waals surface area contributed by atoms with Gasteiger partial charge in [-0.2, -0.15) is 0 Å². The molecule has 2 atom stereocenters. The highest BCUT2D eigenvalue weighted by Gasteiger charge is 2.39. The van der Waals surface area contributed by atoms with Gasteiger partial charge < -0.3 is 10.0 Å². The number of nitrogens with zero attached hydrogens (tertiary/aromatic N) is 1. The zero-order valence-electron chi connectivity index (χ0n) is 9.36. The van der Waals surface area contributed by atoms with Crippen molar-refractivity contribution in [2.45, 2.75) is 46.3 Å². The Morgan fingerprint density at radius 2 is 2.21 bits per heavy atom. The molecule has 1 amide bonds. The van der Waals surface area contributed by atoms with E-state index < -0.39 is 6.23 Å². The van der Waals surface area contributed by atoms with Crippen LogP contribution in [0.4, 0.5) is 0 Å². The third-order valence-corrected chi connectivity index (χ3v) is 2.98. The van der Waals surface area contributed by atoms with Crippen molar-refractivity contribution in [2.24, 2.45) is 11.8 Å². The molecular weight excluding hydrogens is 178 g/mol. The smallest absolute Gasteiger partial charge is 0.228 e. The second kappa shape index (κ2) is 4.78. The van der Waals surface area contributed by atoms with Crippen LogP contribution in [-0.4, -0.2) is 28.7 Å². The Morgan fingerprint density at radius 1 is 1.57 bits per heavy atom. The van der Waals surface area contributed by atoms with Gasteiger partial charge in [0.25, 0.3) is 0 Å². The number of aliphatic hydroxyl groups is 1. The fourth-order valence-corrected chi connectivity index (χ4v) is 1.96. The van der Waals surface area contributed by atoms with Crippen LogP contribution in [0.3, 0.4) is 0 Å². The zero-order chi connectivity index (χ0) is 10.7. The van der Waals surface area contributed by atoms with E-state index in [1.54, 1.807) is 4.90 Å². The van der Waals surface area contributed by atoms with Crippen molar-refractivity contribution in [3.63, 3.8) is 0 Å². The second-order valence-corrected chi connectivity index (χ2v) is 4.45. The fourth-order valence-electron chi connectivity index (χ4n) is 1.96. The van der Waals surface area contributed by atoms with Gasteiger partial charge in [0.05, 0.1) is 0 Å². The van der Waals surface area contributed by atoms with E-state index in [1.165, 1.54) is 0 Å². The van der Waals surface area contributed by atoms with Crippen molar-refractivity contribution in [1.29, 1.82) is 0 Å². The molecule has 1 saturated heterocycles. The highest BCUT2D eigenvalue weighted by molar-refractivity contribution is 5.81. The Hall–Kier alpha value is -0.570. The monoisotopic (exact) mass is 199 g/mol.